The molecule has 82 valence electrons. The summed E-state index contributed by atoms with van der Waals surface area (Å²) in [6.45, 7) is 0.0909. The highest BCUT2D eigenvalue weighted by atomic mass is 16.3. The Morgan fingerprint density at radius 1 is 1.67 bits per heavy atom. The second kappa shape index (κ2) is 4.00. The molecule has 0 aliphatic carbocycles. The number of nitrogens with one attached hydrogen (secondary N) is 1. The molecular weight excluding hydrogens is 196 g/mol. The van der Waals surface area contributed by atoms with Crippen LogP contribution in [0.4, 0.5) is 5.82 Å². The average molecular weight is 210 g/mol. The molecule has 1 aromatic heterocycles. The molecule has 2 atom stereocenters. The van der Waals surface area contributed by atoms with Crippen molar-refractivity contribution in [3.05, 3.63) is 22.7 Å². The second-order valence-electron chi connectivity index (χ2n) is 3.68. The Bertz CT molecular complexity index is 403. The first-order valence-electron chi connectivity index (χ1n) is 4.92. The van der Waals surface area contributed by atoms with E-state index < -0.39 is 0 Å². The highest BCUT2D eigenvalue weighted by molar-refractivity contribution is 5.23. The molecule has 0 spiro atoms. The van der Waals surface area contributed by atoms with Gasteiger partial charge in [-0.1, -0.05) is 0 Å². The Kier molecular flexibility index (Phi) is 2.70. The van der Waals surface area contributed by atoms with Crippen LogP contribution in [0.3, 0.4) is 0 Å². The molecule has 15 heavy (non-hydrogen) atoms. The Balaban J connectivity index is 2.20. The molecule has 6 heteroatoms. The minimum atomic E-state index is -0.355. The Hall–Kier alpha value is -1.40. The number of aliphatic hydroxyl groups is 1. The van der Waals surface area contributed by atoms with E-state index in [0.717, 1.165) is 12.8 Å². The summed E-state index contributed by atoms with van der Waals surface area (Å²) in [5, 5.41) is 12.1. The molecule has 1 aliphatic rings. The van der Waals surface area contributed by atoms with Gasteiger partial charge in [0.25, 0.3) is 0 Å². The third kappa shape index (κ3) is 2.00. The van der Waals surface area contributed by atoms with Gasteiger partial charge in [0.15, 0.2) is 0 Å². The standard InChI is InChI=1S/C9H14N4O2/c10-7-3-4-13(9(15)12-7)8-2-1-6(5-14)11-8/h3-4,6,8,11,14H,1-2,5H2,(H2,10,12,15)/t6-,8?/m0/s1. The number of nitrogens with two attached hydrogens (primary N) is 1. The molecule has 1 saturated heterocycles. The summed E-state index contributed by atoms with van der Waals surface area (Å²) in [5.74, 6) is 0.230. The van der Waals surface area contributed by atoms with Crippen LogP contribution in [0.15, 0.2) is 17.1 Å². The van der Waals surface area contributed by atoms with E-state index in [0.29, 0.717) is 0 Å². The van der Waals surface area contributed by atoms with Crippen LogP contribution in [-0.4, -0.2) is 27.3 Å². The third-order valence-corrected chi connectivity index (χ3v) is 2.62. The number of hydrogen-bond acceptors (Lipinski definition) is 5. The largest absolute Gasteiger partial charge is 0.395 e. The molecule has 0 bridgehead atoms. The molecule has 0 saturated carbocycles. The van der Waals surface area contributed by atoms with E-state index in [1.54, 1.807) is 12.3 Å². The first-order valence-corrected chi connectivity index (χ1v) is 4.92. The fourth-order valence-electron chi connectivity index (χ4n) is 1.82. The van der Waals surface area contributed by atoms with Crippen LogP contribution >= 0.6 is 0 Å². The van der Waals surface area contributed by atoms with E-state index in [1.165, 1.54) is 4.57 Å². The molecular formula is C9H14N4O2. The van der Waals surface area contributed by atoms with Crippen molar-refractivity contribution in [2.24, 2.45) is 0 Å². The summed E-state index contributed by atoms with van der Waals surface area (Å²) < 4.78 is 1.51. The van der Waals surface area contributed by atoms with E-state index in [9.17, 15) is 4.79 Å². The lowest BCUT2D eigenvalue weighted by Gasteiger charge is -2.14. The average Bonchev–Trinajstić information content (AvgIpc) is 2.66. The van der Waals surface area contributed by atoms with Gasteiger partial charge in [-0.25, -0.2) is 4.79 Å². The summed E-state index contributed by atoms with van der Waals surface area (Å²) in [7, 11) is 0. The fraction of sp³-hybridized carbons (Fsp3) is 0.556. The quantitative estimate of drug-likeness (QED) is 0.586. The first kappa shape index (κ1) is 10.1. The molecule has 1 fully saturated rings. The monoisotopic (exact) mass is 210 g/mol. The number of aromatic nitrogens is 2. The van der Waals surface area contributed by atoms with Crippen LogP contribution < -0.4 is 16.7 Å². The predicted molar refractivity (Wildman–Crippen MR) is 55.2 cm³/mol. The summed E-state index contributed by atoms with van der Waals surface area (Å²) in [6, 6.07) is 1.66. The number of nitrogen functional groups attached to an aromatic ring is 1. The summed E-state index contributed by atoms with van der Waals surface area (Å²) in [6.07, 6.45) is 3.22. The predicted octanol–water partition coefficient (Wildman–Crippen LogP) is -0.932. The van der Waals surface area contributed by atoms with Gasteiger partial charge < -0.3 is 10.8 Å². The highest BCUT2D eigenvalue weighted by Gasteiger charge is 2.24. The minimum absolute atomic E-state index is 0.0689. The highest BCUT2D eigenvalue weighted by Crippen LogP contribution is 2.19. The van der Waals surface area contributed by atoms with Crippen LogP contribution in [0.2, 0.25) is 0 Å². The topological polar surface area (TPSA) is 93.2 Å². The van der Waals surface area contributed by atoms with E-state index in [1.807, 2.05) is 0 Å². The fourth-order valence-corrected chi connectivity index (χ4v) is 1.82. The number of nitrogens with zero attached hydrogens (tertiary/aromatic N) is 2. The van der Waals surface area contributed by atoms with Crippen molar-refractivity contribution in [3.63, 3.8) is 0 Å². The molecule has 0 radical (unpaired) electrons. The van der Waals surface area contributed by atoms with Gasteiger partial charge in [-0.05, 0) is 18.9 Å². The Morgan fingerprint density at radius 3 is 3.07 bits per heavy atom. The zero-order valence-electron chi connectivity index (χ0n) is 8.26. The molecule has 1 aromatic rings. The zero-order chi connectivity index (χ0) is 10.8. The SMILES string of the molecule is Nc1ccn(C2CC[C@@H](CO)N2)c(=O)n1. The summed E-state index contributed by atoms with van der Waals surface area (Å²) in [5.41, 5.74) is 5.04. The number of rotatable bonds is 2. The van der Waals surface area contributed by atoms with Gasteiger partial charge in [0.2, 0.25) is 0 Å². The summed E-state index contributed by atoms with van der Waals surface area (Å²) in [4.78, 5) is 15.1. The van der Waals surface area contributed by atoms with Gasteiger partial charge in [-0.3, -0.25) is 9.88 Å². The van der Waals surface area contributed by atoms with Gasteiger partial charge >= 0.3 is 5.69 Å². The lowest BCUT2D eigenvalue weighted by atomic mass is 10.2. The van der Waals surface area contributed by atoms with E-state index >= 15 is 0 Å². The van der Waals surface area contributed by atoms with Gasteiger partial charge in [-0.2, -0.15) is 4.98 Å². The van der Waals surface area contributed by atoms with Crippen molar-refractivity contribution in [3.8, 4) is 0 Å². The van der Waals surface area contributed by atoms with Crippen molar-refractivity contribution in [2.75, 3.05) is 12.3 Å². The second-order valence-corrected chi connectivity index (χ2v) is 3.68. The molecule has 0 aromatic carbocycles. The lowest BCUT2D eigenvalue weighted by Crippen LogP contribution is -2.35. The van der Waals surface area contributed by atoms with Crippen LogP contribution in [0.1, 0.15) is 19.0 Å². The number of hydrogen-bond donors (Lipinski definition) is 3. The van der Waals surface area contributed by atoms with E-state index in [2.05, 4.69) is 10.3 Å². The Labute approximate surface area is 86.7 Å². The van der Waals surface area contributed by atoms with E-state index in [4.69, 9.17) is 10.8 Å². The molecule has 1 aliphatic heterocycles. The Morgan fingerprint density at radius 2 is 2.47 bits per heavy atom. The van der Waals surface area contributed by atoms with E-state index in [-0.39, 0.29) is 30.3 Å². The summed E-state index contributed by atoms with van der Waals surface area (Å²) >= 11 is 0. The molecule has 2 rings (SSSR count). The van der Waals surface area contributed by atoms with Crippen LogP contribution in [0, 0.1) is 0 Å². The first-order chi connectivity index (χ1) is 7.20. The van der Waals surface area contributed by atoms with Crippen molar-refractivity contribution in [1.82, 2.24) is 14.9 Å². The lowest BCUT2D eigenvalue weighted by molar-refractivity contribution is 0.246. The molecule has 0 amide bonds. The molecule has 2 heterocycles. The van der Waals surface area contributed by atoms with Crippen molar-refractivity contribution >= 4 is 5.82 Å². The minimum Gasteiger partial charge on any atom is -0.395 e. The van der Waals surface area contributed by atoms with Crippen molar-refractivity contribution in [1.29, 1.82) is 0 Å². The smallest absolute Gasteiger partial charge is 0.350 e. The van der Waals surface area contributed by atoms with Crippen LogP contribution in [-0.2, 0) is 0 Å². The van der Waals surface area contributed by atoms with Gasteiger partial charge in [0.1, 0.15) is 5.82 Å². The van der Waals surface area contributed by atoms with Crippen LogP contribution in [0.5, 0.6) is 0 Å². The van der Waals surface area contributed by atoms with Gasteiger partial charge in [-0.15, -0.1) is 0 Å². The van der Waals surface area contributed by atoms with Gasteiger partial charge in [0.05, 0.1) is 12.8 Å². The number of anilines is 1. The molecule has 6 nitrogen and oxygen atoms in total. The zero-order valence-corrected chi connectivity index (χ0v) is 8.26. The number of aliphatic hydroxyl groups excluding tert-OH is 1. The third-order valence-electron chi connectivity index (χ3n) is 2.62. The van der Waals surface area contributed by atoms with Crippen molar-refractivity contribution < 1.29 is 5.11 Å². The molecule has 4 N–H and O–H groups in total. The maximum Gasteiger partial charge on any atom is 0.350 e. The van der Waals surface area contributed by atoms with Crippen LogP contribution in [0.25, 0.3) is 0 Å². The maximum absolute atomic E-state index is 11.5. The van der Waals surface area contributed by atoms with Crippen molar-refractivity contribution in [2.45, 2.75) is 25.0 Å². The molecule has 1 unspecified atom stereocenters. The maximum atomic E-state index is 11.5. The van der Waals surface area contributed by atoms with Gasteiger partial charge in [0, 0.05) is 12.2 Å². The normalized spacial score (nSPS) is 25.7.